The fraction of sp³-hybridized carbons (Fsp3) is 0.333. The van der Waals surface area contributed by atoms with E-state index in [-0.39, 0.29) is 18.3 Å². The highest BCUT2D eigenvalue weighted by atomic mass is 32.1. The van der Waals surface area contributed by atoms with Crippen LogP contribution in [0.15, 0.2) is 16.0 Å². The van der Waals surface area contributed by atoms with Crippen LogP contribution in [0.4, 0.5) is 4.79 Å². The number of hydrogen-bond acceptors (Lipinski definition) is 6. The Hall–Kier alpha value is -2.42. The summed E-state index contributed by atoms with van der Waals surface area (Å²) >= 11 is 1.26. The summed E-state index contributed by atoms with van der Waals surface area (Å²) in [6.07, 6.45) is 0.481. The van der Waals surface area contributed by atoms with Crippen molar-refractivity contribution >= 4 is 23.3 Å². The van der Waals surface area contributed by atoms with E-state index < -0.39 is 5.97 Å². The summed E-state index contributed by atoms with van der Waals surface area (Å²) < 4.78 is 4.88. The molecule has 2 rings (SSSR count). The zero-order chi connectivity index (χ0) is 15.2. The number of amides is 2. The first-order chi connectivity index (χ1) is 10.0. The van der Waals surface area contributed by atoms with Crippen LogP contribution in [0.1, 0.15) is 27.0 Å². The highest BCUT2D eigenvalue weighted by molar-refractivity contribution is 7.09. The molecule has 0 spiro atoms. The van der Waals surface area contributed by atoms with E-state index in [1.807, 2.05) is 0 Å². The fourth-order valence-electron chi connectivity index (χ4n) is 1.54. The van der Waals surface area contributed by atoms with E-state index in [2.05, 4.69) is 20.8 Å². The third-order valence-corrected chi connectivity index (χ3v) is 3.41. The molecule has 0 aliphatic carbocycles. The zero-order valence-electron chi connectivity index (χ0n) is 11.3. The smallest absolute Gasteiger partial charge is 0.355 e. The summed E-state index contributed by atoms with van der Waals surface area (Å²) in [5.41, 5.74) is 0.675. The molecule has 9 heteroatoms. The molecule has 0 atom stereocenters. The molecule has 0 radical (unpaired) electrons. The van der Waals surface area contributed by atoms with Gasteiger partial charge in [-0.15, -0.1) is 11.3 Å². The predicted octanol–water partition coefficient (Wildman–Crippen LogP) is 1.18. The molecule has 0 aliphatic heterocycles. The number of carboxylic acid groups (broad SMARTS) is 1. The molecule has 2 aromatic heterocycles. The molecular formula is C12H14N4O4S. The van der Waals surface area contributed by atoms with Crippen molar-refractivity contribution in [2.45, 2.75) is 19.9 Å². The Morgan fingerprint density at radius 2 is 2.24 bits per heavy atom. The quantitative estimate of drug-likeness (QED) is 0.737. The molecule has 0 fully saturated rings. The molecular weight excluding hydrogens is 296 g/mol. The molecule has 3 N–H and O–H groups in total. The van der Waals surface area contributed by atoms with E-state index in [1.165, 1.54) is 16.7 Å². The Labute approximate surface area is 124 Å². The Morgan fingerprint density at radius 1 is 1.43 bits per heavy atom. The molecule has 0 saturated heterocycles. The standard InChI is InChI=1S/C12H14N4O4S/c1-7-4-8(16-20-7)5-14-12(19)13-3-2-10-15-9(6-21-10)11(17)18/h4,6H,2-3,5H2,1H3,(H,17,18)(H2,13,14,19). The van der Waals surface area contributed by atoms with E-state index in [0.29, 0.717) is 29.4 Å². The summed E-state index contributed by atoms with van der Waals surface area (Å²) in [6.45, 7) is 2.43. The van der Waals surface area contributed by atoms with E-state index >= 15 is 0 Å². The SMILES string of the molecule is Cc1cc(CNC(=O)NCCc2nc(C(=O)O)cs2)no1. The maximum atomic E-state index is 11.5. The second kappa shape index (κ2) is 6.84. The maximum Gasteiger partial charge on any atom is 0.355 e. The molecule has 0 saturated carbocycles. The van der Waals surface area contributed by atoms with Gasteiger partial charge in [0.1, 0.15) is 11.5 Å². The highest BCUT2D eigenvalue weighted by Crippen LogP contribution is 2.09. The van der Waals surface area contributed by atoms with Crippen LogP contribution >= 0.6 is 11.3 Å². The number of hydrogen-bond donors (Lipinski definition) is 3. The monoisotopic (exact) mass is 310 g/mol. The van der Waals surface area contributed by atoms with Crippen molar-refractivity contribution in [3.8, 4) is 0 Å². The van der Waals surface area contributed by atoms with Crippen LogP contribution in [0.3, 0.4) is 0 Å². The average Bonchev–Trinajstić information content (AvgIpc) is 3.05. The number of thiazole rings is 1. The number of carboxylic acids is 1. The number of urea groups is 1. The summed E-state index contributed by atoms with van der Waals surface area (Å²) in [5, 5.41) is 19.9. The Balaban J connectivity index is 1.67. The molecule has 8 nitrogen and oxygen atoms in total. The molecule has 0 bridgehead atoms. The van der Waals surface area contributed by atoms with Gasteiger partial charge in [-0.25, -0.2) is 14.6 Å². The van der Waals surface area contributed by atoms with Crippen molar-refractivity contribution in [3.05, 3.63) is 33.6 Å². The lowest BCUT2D eigenvalue weighted by molar-refractivity contribution is 0.0691. The summed E-state index contributed by atoms with van der Waals surface area (Å²) in [7, 11) is 0. The van der Waals surface area contributed by atoms with Gasteiger partial charge in [0.25, 0.3) is 0 Å². The van der Waals surface area contributed by atoms with Crippen molar-refractivity contribution in [3.63, 3.8) is 0 Å². The van der Waals surface area contributed by atoms with E-state index in [1.54, 1.807) is 13.0 Å². The van der Waals surface area contributed by atoms with Gasteiger partial charge in [0.2, 0.25) is 0 Å². The van der Waals surface area contributed by atoms with E-state index in [4.69, 9.17) is 9.63 Å². The van der Waals surface area contributed by atoms with Crippen molar-refractivity contribution in [2.24, 2.45) is 0 Å². The summed E-state index contributed by atoms with van der Waals surface area (Å²) in [5.74, 6) is -0.365. The van der Waals surface area contributed by atoms with Gasteiger partial charge in [-0.05, 0) is 6.92 Å². The van der Waals surface area contributed by atoms with Crippen molar-refractivity contribution < 1.29 is 19.2 Å². The topological polar surface area (TPSA) is 117 Å². The van der Waals surface area contributed by atoms with Crippen molar-refractivity contribution in [1.29, 1.82) is 0 Å². The Kier molecular flexibility index (Phi) is 4.88. The minimum atomic E-state index is -1.05. The normalized spacial score (nSPS) is 10.3. The molecule has 0 unspecified atom stereocenters. The van der Waals surface area contributed by atoms with Crippen LogP contribution < -0.4 is 10.6 Å². The molecule has 0 aliphatic rings. The third kappa shape index (κ3) is 4.56. The second-order valence-corrected chi connectivity index (χ2v) is 5.16. The summed E-state index contributed by atoms with van der Waals surface area (Å²) in [4.78, 5) is 26.1. The van der Waals surface area contributed by atoms with Gasteiger partial charge in [0, 0.05) is 24.4 Å². The van der Waals surface area contributed by atoms with Gasteiger partial charge in [-0.2, -0.15) is 0 Å². The molecule has 2 aromatic rings. The predicted molar refractivity (Wildman–Crippen MR) is 74.3 cm³/mol. The second-order valence-electron chi connectivity index (χ2n) is 4.22. The largest absolute Gasteiger partial charge is 0.476 e. The first-order valence-electron chi connectivity index (χ1n) is 6.16. The van der Waals surface area contributed by atoms with Gasteiger partial charge < -0.3 is 20.3 Å². The molecule has 0 aromatic carbocycles. The van der Waals surface area contributed by atoms with Crippen LogP contribution in [0.2, 0.25) is 0 Å². The summed E-state index contributed by atoms with van der Waals surface area (Å²) in [6, 6.07) is 1.41. The van der Waals surface area contributed by atoms with Crippen LogP contribution in [-0.4, -0.2) is 33.8 Å². The maximum absolute atomic E-state index is 11.5. The molecule has 2 amide bonds. The van der Waals surface area contributed by atoms with Gasteiger partial charge >= 0.3 is 12.0 Å². The highest BCUT2D eigenvalue weighted by Gasteiger charge is 2.09. The number of rotatable bonds is 6. The Morgan fingerprint density at radius 3 is 2.86 bits per heavy atom. The lowest BCUT2D eigenvalue weighted by Gasteiger charge is -2.04. The molecule has 2 heterocycles. The zero-order valence-corrected chi connectivity index (χ0v) is 12.1. The van der Waals surface area contributed by atoms with Crippen LogP contribution in [0.5, 0.6) is 0 Å². The van der Waals surface area contributed by atoms with Gasteiger partial charge in [-0.1, -0.05) is 5.16 Å². The van der Waals surface area contributed by atoms with Crippen LogP contribution in [0, 0.1) is 6.92 Å². The van der Waals surface area contributed by atoms with Gasteiger partial charge in [0.05, 0.1) is 11.6 Å². The molecule has 112 valence electrons. The van der Waals surface area contributed by atoms with Crippen molar-refractivity contribution in [2.75, 3.05) is 6.54 Å². The number of nitrogens with one attached hydrogen (secondary N) is 2. The number of aromatic carboxylic acids is 1. The van der Waals surface area contributed by atoms with Crippen LogP contribution in [-0.2, 0) is 13.0 Å². The van der Waals surface area contributed by atoms with Gasteiger partial charge in [-0.3, -0.25) is 0 Å². The fourth-order valence-corrected chi connectivity index (χ4v) is 2.31. The van der Waals surface area contributed by atoms with Gasteiger partial charge in [0.15, 0.2) is 5.69 Å². The van der Waals surface area contributed by atoms with E-state index in [9.17, 15) is 9.59 Å². The lowest BCUT2D eigenvalue weighted by atomic mass is 10.4. The minimum absolute atomic E-state index is 0.0286. The first kappa shape index (κ1) is 15.0. The number of carbonyl (C=O) groups excluding carboxylic acids is 1. The minimum Gasteiger partial charge on any atom is -0.476 e. The molecule has 21 heavy (non-hydrogen) atoms. The third-order valence-electron chi connectivity index (χ3n) is 2.50. The number of aryl methyl sites for hydroxylation is 1. The van der Waals surface area contributed by atoms with Crippen molar-refractivity contribution in [1.82, 2.24) is 20.8 Å². The number of nitrogens with zero attached hydrogens (tertiary/aromatic N) is 2. The van der Waals surface area contributed by atoms with E-state index in [0.717, 1.165) is 0 Å². The number of aromatic nitrogens is 2. The Bertz CT molecular complexity index is 637. The number of carbonyl (C=O) groups is 2. The average molecular weight is 310 g/mol. The first-order valence-corrected chi connectivity index (χ1v) is 7.04. The van der Waals surface area contributed by atoms with Crippen LogP contribution in [0.25, 0.3) is 0 Å². The lowest BCUT2D eigenvalue weighted by Crippen LogP contribution is -2.36.